The van der Waals surface area contributed by atoms with Crippen LogP contribution in [0.3, 0.4) is 0 Å². The molecule has 0 aliphatic carbocycles. The number of rotatable bonds is 5. The highest BCUT2D eigenvalue weighted by Crippen LogP contribution is 2.28. The number of nitrogens with two attached hydrogens (primary N) is 1. The second-order valence-electron chi connectivity index (χ2n) is 5.52. The summed E-state index contributed by atoms with van der Waals surface area (Å²) in [5, 5.41) is 0. The SMILES string of the molecule is CC(C)C(c1ccccc1)N(C)C(=O)c1coc(CN)c1. The van der Waals surface area contributed by atoms with Gasteiger partial charge in [-0.15, -0.1) is 0 Å². The predicted octanol–water partition coefficient (Wildman–Crippen LogP) is 3.21. The molecular weight excluding hydrogens is 264 g/mol. The lowest BCUT2D eigenvalue weighted by Crippen LogP contribution is -2.33. The van der Waals surface area contributed by atoms with E-state index < -0.39 is 0 Å². The summed E-state index contributed by atoms with van der Waals surface area (Å²) in [5.41, 5.74) is 7.19. The number of furan rings is 1. The molecule has 2 aromatic rings. The van der Waals surface area contributed by atoms with E-state index >= 15 is 0 Å². The summed E-state index contributed by atoms with van der Waals surface area (Å²) in [6, 6.07) is 11.8. The zero-order valence-corrected chi connectivity index (χ0v) is 12.7. The Kier molecular flexibility index (Phi) is 4.81. The first-order valence-corrected chi connectivity index (χ1v) is 7.14. The maximum Gasteiger partial charge on any atom is 0.257 e. The minimum absolute atomic E-state index is 0.0231. The van der Waals surface area contributed by atoms with Crippen molar-refractivity contribution in [3.63, 3.8) is 0 Å². The highest BCUT2D eigenvalue weighted by molar-refractivity contribution is 5.94. The van der Waals surface area contributed by atoms with E-state index in [-0.39, 0.29) is 11.9 Å². The Labute approximate surface area is 125 Å². The molecule has 0 spiro atoms. The molecule has 0 aliphatic rings. The normalized spacial score (nSPS) is 12.4. The van der Waals surface area contributed by atoms with Crippen LogP contribution in [0.5, 0.6) is 0 Å². The molecule has 0 radical (unpaired) electrons. The smallest absolute Gasteiger partial charge is 0.257 e. The number of benzene rings is 1. The minimum atomic E-state index is -0.0546. The molecule has 2 rings (SSSR count). The van der Waals surface area contributed by atoms with Crippen molar-refractivity contribution in [2.24, 2.45) is 11.7 Å². The van der Waals surface area contributed by atoms with Crippen molar-refractivity contribution in [2.75, 3.05) is 7.05 Å². The molecule has 1 unspecified atom stereocenters. The van der Waals surface area contributed by atoms with Crippen LogP contribution in [-0.2, 0) is 6.54 Å². The van der Waals surface area contributed by atoms with Gasteiger partial charge in [0, 0.05) is 7.05 Å². The number of hydrogen-bond donors (Lipinski definition) is 1. The monoisotopic (exact) mass is 286 g/mol. The molecule has 1 aromatic carbocycles. The molecule has 4 heteroatoms. The topological polar surface area (TPSA) is 59.5 Å². The van der Waals surface area contributed by atoms with Crippen molar-refractivity contribution in [2.45, 2.75) is 26.4 Å². The molecule has 0 fully saturated rings. The van der Waals surface area contributed by atoms with Crippen LogP contribution in [0, 0.1) is 5.92 Å². The van der Waals surface area contributed by atoms with Gasteiger partial charge in [0.2, 0.25) is 0 Å². The van der Waals surface area contributed by atoms with E-state index in [4.69, 9.17) is 10.2 Å². The molecule has 2 N–H and O–H groups in total. The summed E-state index contributed by atoms with van der Waals surface area (Å²) in [4.78, 5) is 14.4. The molecule has 1 amide bonds. The van der Waals surface area contributed by atoms with Gasteiger partial charge in [0.1, 0.15) is 12.0 Å². The molecule has 1 atom stereocenters. The maximum absolute atomic E-state index is 12.6. The lowest BCUT2D eigenvalue weighted by atomic mass is 9.94. The predicted molar refractivity (Wildman–Crippen MR) is 82.7 cm³/mol. The second kappa shape index (κ2) is 6.59. The van der Waals surface area contributed by atoms with Crippen LogP contribution in [0.4, 0.5) is 0 Å². The van der Waals surface area contributed by atoms with Crippen molar-refractivity contribution in [1.82, 2.24) is 4.90 Å². The van der Waals surface area contributed by atoms with Crippen LogP contribution >= 0.6 is 0 Å². The fraction of sp³-hybridized carbons (Fsp3) is 0.353. The zero-order chi connectivity index (χ0) is 15.4. The average Bonchev–Trinajstić information content (AvgIpc) is 2.96. The van der Waals surface area contributed by atoms with E-state index in [1.807, 2.05) is 25.2 Å². The van der Waals surface area contributed by atoms with Gasteiger partial charge in [-0.25, -0.2) is 0 Å². The molecule has 0 saturated heterocycles. The number of nitrogens with zero attached hydrogens (tertiary/aromatic N) is 1. The van der Waals surface area contributed by atoms with E-state index in [0.29, 0.717) is 23.8 Å². The van der Waals surface area contributed by atoms with Crippen LogP contribution in [-0.4, -0.2) is 17.9 Å². The van der Waals surface area contributed by atoms with Gasteiger partial charge in [0.15, 0.2) is 0 Å². The molecule has 0 aliphatic heterocycles. The van der Waals surface area contributed by atoms with Crippen molar-refractivity contribution >= 4 is 5.91 Å². The Morgan fingerprint density at radius 1 is 1.29 bits per heavy atom. The summed E-state index contributed by atoms with van der Waals surface area (Å²) in [6.45, 7) is 4.52. The molecule has 1 heterocycles. The Balaban J connectivity index is 2.26. The third-order valence-electron chi connectivity index (χ3n) is 3.61. The summed E-state index contributed by atoms with van der Waals surface area (Å²) >= 11 is 0. The maximum atomic E-state index is 12.6. The highest BCUT2D eigenvalue weighted by atomic mass is 16.3. The van der Waals surface area contributed by atoms with E-state index in [1.54, 1.807) is 11.0 Å². The average molecular weight is 286 g/mol. The largest absolute Gasteiger partial charge is 0.467 e. The molecule has 21 heavy (non-hydrogen) atoms. The summed E-state index contributed by atoms with van der Waals surface area (Å²) < 4.78 is 5.26. The van der Waals surface area contributed by atoms with Crippen molar-refractivity contribution < 1.29 is 9.21 Å². The Bertz CT molecular complexity index is 590. The van der Waals surface area contributed by atoms with E-state index in [1.165, 1.54) is 6.26 Å². The number of carbonyl (C=O) groups is 1. The van der Waals surface area contributed by atoms with Crippen LogP contribution in [0.1, 0.15) is 41.6 Å². The first kappa shape index (κ1) is 15.3. The second-order valence-corrected chi connectivity index (χ2v) is 5.52. The fourth-order valence-corrected chi connectivity index (χ4v) is 2.64. The van der Waals surface area contributed by atoms with Crippen LogP contribution in [0.15, 0.2) is 47.1 Å². The molecule has 112 valence electrons. The fourth-order valence-electron chi connectivity index (χ4n) is 2.64. The third-order valence-corrected chi connectivity index (χ3v) is 3.61. The number of carbonyl (C=O) groups excluding carboxylic acids is 1. The minimum Gasteiger partial charge on any atom is -0.467 e. The van der Waals surface area contributed by atoms with Gasteiger partial charge in [-0.3, -0.25) is 4.79 Å². The lowest BCUT2D eigenvalue weighted by molar-refractivity contribution is 0.0686. The van der Waals surface area contributed by atoms with Crippen molar-refractivity contribution in [3.8, 4) is 0 Å². The van der Waals surface area contributed by atoms with E-state index in [9.17, 15) is 4.79 Å². The standard InChI is InChI=1S/C17H22N2O2/c1-12(2)16(13-7-5-4-6-8-13)19(3)17(20)14-9-15(10-18)21-11-14/h4-9,11-12,16H,10,18H2,1-3H3. The Hall–Kier alpha value is -2.07. The first-order valence-electron chi connectivity index (χ1n) is 7.14. The van der Waals surface area contributed by atoms with Crippen LogP contribution < -0.4 is 5.73 Å². The lowest BCUT2D eigenvalue weighted by Gasteiger charge is -2.31. The third kappa shape index (κ3) is 3.34. The van der Waals surface area contributed by atoms with Crippen LogP contribution in [0.2, 0.25) is 0 Å². The quantitative estimate of drug-likeness (QED) is 0.918. The van der Waals surface area contributed by atoms with Crippen molar-refractivity contribution in [1.29, 1.82) is 0 Å². The van der Waals surface area contributed by atoms with E-state index in [2.05, 4.69) is 26.0 Å². The van der Waals surface area contributed by atoms with E-state index in [0.717, 1.165) is 5.56 Å². The summed E-state index contributed by atoms with van der Waals surface area (Å²) in [7, 11) is 1.83. The van der Waals surface area contributed by atoms with Crippen LogP contribution in [0.25, 0.3) is 0 Å². The van der Waals surface area contributed by atoms with Gasteiger partial charge < -0.3 is 15.1 Å². The first-order chi connectivity index (χ1) is 10.0. The van der Waals surface area contributed by atoms with Gasteiger partial charge in [-0.05, 0) is 17.5 Å². The Morgan fingerprint density at radius 2 is 1.95 bits per heavy atom. The van der Waals surface area contributed by atoms with Crippen molar-refractivity contribution in [3.05, 3.63) is 59.5 Å². The molecular formula is C17H22N2O2. The molecule has 0 bridgehead atoms. The summed E-state index contributed by atoms with van der Waals surface area (Å²) in [6.07, 6.45) is 1.48. The summed E-state index contributed by atoms with van der Waals surface area (Å²) in [5.74, 6) is 0.871. The van der Waals surface area contributed by atoms with Gasteiger partial charge in [-0.2, -0.15) is 0 Å². The Morgan fingerprint density at radius 3 is 2.48 bits per heavy atom. The van der Waals surface area contributed by atoms with Gasteiger partial charge in [0.05, 0.1) is 18.2 Å². The number of amides is 1. The molecule has 4 nitrogen and oxygen atoms in total. The number of hydrogen-bond acceptors (Lipinski definition) is 3. The van der Waals surface area contributed by atoms with Gasteiger partial charge >= 0.3 is 0 Å². The van der Waals surface area contributed by atoms with Gasteiger partial charge in [-0.1, -0.05) is 44.2 Å². The molecule has 0 saturated carbocycles. The van der Waals surface area contributed by atoms with Gasteiger partial charge in [0.25, 0.3) is 5.91 Å². The zero-order valence-electron chi connectivity index (χ0n) is 12.7. The highest BCUT2D eigenvalue weighted by Gasteiger charge is 2.26. The molecule has 1 aromatic heterocycles.